The molecule has 1 atom stereocenters. The van der Waals surface area contributed by atoms with E-state index in [2.05, 4.69) is 22.6 Å². The van der Waals surface area contributed by atoms with Crippen LogP contribution in [-0.2, 0) is 4.65 Å². The first-order chi connectivity index (χ1) is 8.83. The number of rotatable bonds is 4. The maximum absolute atomic E-state index is 9.99. The molecule has 1 aromatic carbocycles. The van der Waals surface area contributed by atoms with Crippen LogP contribution in [0.2, 0.25) is 0 Å². The molecule has 0 saturated heterocycles. The van der Waals surface area contributed by atoms with Gasteiger partial charge in [-0.05, 0) is 54.1 Å². The number of nitrogens with two attached hydrogens (primary N) is 1. The molecule has 19 heavy (non-hydrogen) atoms. The van der Waals surface area contributed by atoms with Gasteiger partial charge >= 0.3 is 7.12 Å². The van der Waals surface area contributed by atoms with Crippen LogP contribution < -0.4 is 15.9 Å². The molecule has 1 aliphatic heterocycles. The van der Waals surface area contributed by atoms with Crippen LogP contribution in [0.15, 0.2) is 12.1 Å². The van der Waals surface area contributed by atoms with Gasteiger partial charge in [-0.2, -0.15) is 0 Å². The molecular weight excluding hydrogens is 360 g/mol. The Kier molecular flexibility index (Phi) is 4.41. The van der Waals surface area contributed by atoms with E-state index in [0.29, 0.717) is 17.8 Å². The van der Waals surface area contributed by atoms with E-state index in [1.807, 2.05) is 6.07 Å². The number of ether oxygens (including phenoxy) is 1. The first kappa shape index (κ1) is 15.1. The number of aliphatic hydroxyl groups is 1. The monoisotopic (exact) mass is 377 g/mol. The van der Waals surface area contributed by atoms with Crippen molar-refractivity contribution in [3.05, 3.63) is 21.3 Å². The minimum atomic E-state index is -1.03. The molecule has 0 fully saturated rings. The summed E-state index contributed by atoms with van der Waals surface area (Å²) >= 11 is 2.18. The molecule has 4 N–H and O–H groups in total. The molecule has 1 aromatic rings. The third-order valence-electron chi connectivity index (χ3n) is 2.85. The van der Waals surface area contributed by atoms with E-state index >= 15 is 0 Å². The molecule has 7 heteroatoms. The van der Waals surface area contributed by atoms with Gasteiger partial charge in [-0.15, -0.1) is 0 Å². The van der Waals surface area contributed by atoms with Gasteiger partial charge in [0.25, 0.3) is 0 Å². The van der Waals surface area contributed by atoms with Crippen molar-refractivity contribution in [2.45, 2.75) is 25.6 Å². The average molecular weight is 377 g/mol. The summed E-state index contributed by atoms with van der Waals surface area (Å²) in [4.78, 5) is 0. The number of fused-ring (bicyclic) bond motifs is 1. The summed E-state index contributed by atoms with van der Waals surface area (Å²) in [5.41, 5.74) is 6.21. The Morgan fingerprint density at radius 2 is 2.21 bits per heavy atom. The van der Waals surface area contributed by atoms with Gasteiger partial charge in [0.1, 0.15) is 12.4 Å². The first-order valence-corrected chi connectivity index (χ1v) is 7.12. The molecule has 0 saturated carbocycles. The number of hydrogen-bond acceptors (Lipinski definition) is 5. The van der Waals surface area contributed by atoms with Crippen LogP contribution in [0.3, 0.4) is 0 Å². The van der Waals surface area contributed by atoms with E-state index in [1.165, 1.54) is 0 Å². The molecule has 1 heterocycles. The van der Waals surface area contributed by atoms with Crippen molar-refractivity contribution in [1.29, 1.82) is 0 Å². The fourth-order valence-corrected chi connectivity index (χ4v) is 2.83. The Labute approximate surface area is 126 Å². The first-order valence-electron chi connectivity index (χ1n) is 6.04. The highest BCUT2D eigenvalue weighted by atomic mass is 127. The normalized spacial score (nSPS) is 18.6. The number of benzene rings is 1. The van der Waals surface area contributed by atoms with Gasteiger partial charge < -0.3 is 25.3 Å². The van der Waals surface area contributed by atoms with Gasteiger partial charge in [-0.1, -0.05) is 0 Å². The lowest BCUT2D eigenvalue weighted by Crippen LogP contribution is -2.34. The van der Waals surface area contributed by atoms with Crippen LogP contribution in [-0.4, -0.2) is 36.0 Å². The van der Waals surface area contributed by atoms with Crippen LogP contribution in [0.4, 0.5) is 0 Å². The Bertz CT molecular complexity index is 478. The standard InChI is InChI=1S/C12H17BINO4/c1-12(2,16)6-18-8-4-3-7(14)10-9(5-15)19-13(17)11(8)10/h3-4,9,16-17H,5-6,15H2,1-2H3. The van der Waals surface area contributed by atoms with Crippen molar-refractivity contribution in [2.75, 3.05) is 13.2 Å². The molecule has 104 valence electrons. The largest absolute Gasteiger partial charge is 0.495 e. The summed E-state index contributed by atoms with van der Waals surface area (Å²) in [6.07, 6.45) is -0.317. The predicted molar refractivity (Wildman–Crippen MR) is 81.4 cm³/mol. The second kappa shape index (κ2) is 5.57. The van der Waals surface area contributed by atoms with Crippen LogP contribution in [0, 0.1) is 3.57 Å². The highest BCUT2D eigenvalue weighted by Gasteiger charge is 2.39. The smallest absolute Gasteiger partial charge is 0.491 e. The second-order valence-corrected chi connectivity index (χ2v) is 6.35. The summed E-state index contributed by atoms with van der Waals surface area (Å²) in [6.45, 7) is 3.76. The zero-order valence-corrected chi connectivity index (χ0v) is 13.0. The van der Waals surface area contributed by atoms with Crippen molar-refractivity contribution < 1.29 is 19.5 Å². The molecule has 0 bridgehead atoms. The number of hydrogen-bond donors (Lipinski definition) is 3. The molecule has 0 amide bonds. The molecule has 5 nitrogen and oxygen atoms in total. The summed E-state index contributed by atoms with van der Waals surface area (Å²) in [6, 6.07) is 3.67. The molecule has 0 spiro atoms. The quantitative estimate of drug-likeness (QED) is 0.515. The third kappa shape index (κ3) is 3.22. The minimum Gasteiger partial charge on any atom is -0.491 e. The highest BCUT2D eigenvalue weighted by Crippen LogP contribution is 2.31. The Morgan fingerprint density at radius 3 is 2.79 bits per heavy atom. The minimum absolute atomic E-state index is 0.139. The molecule has 2 rings (SSSR count). The topological polar surface area (TPSA) is 84.9 Å². The van der Waals surface area contributed by atoms with E-state index in [0.717, 1.165) is 9.13 Å². The Morgan fingerprint density at radius 1 is 1.53 bits per heavy atom. The van der Waals surface area contributed by atoms with Crippen LogP contribution in [0.5, 0.6) is 5.75 Å². The van der Waals surface area contributed by atoms with Crippen LogP contribution in [0.1, 0.15) is 25.5 Å². The summed E-state index contributed by atoms with van der Waals surface area (Å²) < 4.78 is 12.0. The van der Waals surface area contributed by atoms with Crippen molar-refractivity contribution in [3.63, 3.8) is 0 Å². The van der Waals surface area contributed by atoms with Gasteiger partial charge in [0, 0.05) is 15.6 Å². The second-order valence-electron chi connectivity index (χ2n) is 5.19. The lowest BCUT2D eigenvalue weighted by Gasteiger charge is -2.20. The van der Waals surface area contributed by atoms with Crippen molar-refractivity contribution in [2.24, 2.45) is 5.73 Å². The average Bonchev–Trinajstić information content (AvgIpc) is 2.66. The van der Waals surface area contributed by atoms with E-state index in [9.17, 15) is 10.1 Å². The molecule has 1 unspecified atom stereocenters. The van der Waals surface area contributed by atoms with E-state index in [4.69, 9.17) is 15.1 Å². The SMILES string of the molecule is CC(C)(O)COc1ccc(I)c2c1B(O)OC2CN. The third-order valence-corrected chi connectivity index (χ3v) is 3.79. The van der Waals surface area contributed by atoms with Gasteiger partial charge in [-0.3, -0.25) is 0 Å². The maximum Gasteiger partial charge on any atom is 0.495 e. The fourth-order valence-electron chi connectivity index (χ4n) is 2.02. The van der Waals surface area contributed by atoms with Gasteiger partial charge in [0.15, 0.2) is 0 Å². The molecular formula is C12H17BINO4. The Hall–Kier alpha value is -0.345. The highest BCUT2D eigenvalue weighted by molar-refractivity contribution is 14.1. The van der Waals surface area contributed by atoms with Gasteiger partial charge in [0.2, 0.25) is 0 Å². The molecule has 0 aromatic heterocycles. The van der Waals surface area contributed by atoms with Crippen LogP contribution in [0.25, 0.3) is 0 Å². The maximum atomic E-state index is 9.99. The van der Waals surface area contributed by atoms with Crippen LogP contribution >= 0.6 is 22.6 Å². The van der Waals surface area contributed by atoms with E-state index in [-0.39, 0.29) is 12.7 Å². The summed E-state index contributed by atoms with van der Waals surface area (Å²) in [5.74, 6) is 0.529. The van der Waals surface area contributed by atoms with Gasteiger partial charge in [0.05, 0.1) is 11.7 Å². The molecule has 0 radical (unpaired) electrons. The van der Waals surface area contributed by atoms with E-state index < -0.39 is 12.7 Å². The molecule has 1 aliphatic rings. The van der Waals surface area contributed by atoms with Crippen molar-refractivity contribution in [3.8, 4) is 5.75 Å². The zero-order chi connectivity index (χ0) is 14.2. The summed E-state index contributed by atoms with van der Waals surface area (Å²) in [5, 5.41) is 19.7. The Balaban J connectivity index is 2.35. The van der Waals surface area contributed by atoms with Crippen molar-refractivity contribution >= 4 is 35.2 Å². The fraction of sp³-hybridized carbons (Fsp3) is 0.500. The lowest BCUT2D eigenvalue weighted by molar-refractivity contribution is 0.0288. The predicted octanol–water partition coefficient (Wildman–Crippen LogP) is 0.158. The van der Waals surface area contributed by atoms with E-state index in [1.54, 1.807) is 19.9 Å². The van der Waals surface area contributed by atoms with Crippen molar-refractivity contribution in [1.82, 2.24) is 0 Å². The molecule has 0 aliphatic carbocycles. The number of halogens is 1. The summed E-state index contributed by atoms with van der Waals surface area (Å²) in [7, 11) is -1.03. The zero-order valence-electron chi connectivity index (χ0n) is 10.9. The van der Waals surface area contributed by atoms with Gasteiger partial charge in [-0.25, -0.2) is 0 Å². The lowest BCUT2D eigenvalue weighted by atomic mass is 9.78.